The van der Waals surface area contributed by atoms with E-state index in [0.717, 1.165) is 19.4 Å². The van der Waals surface area contributed by atoms with Crippen molar-refractivity contribution in [3.05, 3.63) is 12.3 Å². The first-order chi connectivity index (χ1) is 6.36. The molecule has 0 aromatic carbocycles. The average Bonchev–Trinajstić information content (AvgIpc) is 2.20. The fourth-order valence-corrected chi connectivity index (χ4v) is 2.15. The summed E-state index contributed by atoms with van der Waals surface area (Å²) in [6, 6.07) is 1.11. The Kier molecular flexibility index (Phi) is 2.86. The molecule has 1 saturated heterocycles. The largest absolute Gasteiger partial charge is 0.391 e. The number of likely N-dealkylation sites (tertiary alicyclic amines) is 1. The molecule has 0 radical (unpaired) electrons. The molecule has 0 amide bonds. The number of hydrogen-bond donors (Lipinski definition) is 2. The van der Waals surface area contributed by atoms with Crippen molar-refractivity contribution in [3.8, 4) is 0 Å². The van der Waals surface area contributed by atoms with Crippen LogP contribution in [0.15, 0.2) is 12.3 Å². The van der Waals surface area contributed by atoms with E-state index < -0.39 is 0 Å². The van der Waals surface area contributed by atoms with E-state index in [4.69, 9.17) is 5.73 Å². The summed E-state index contributed by atoms with van der Waals surface area (Å²) in [5.74, 6) is 0. The second-order valence-corrected chi connectivity index (χ2v) is 4.04. The summed E-state index contributed by atoms with van der Waals surface area (Å²) in [6.45, 7) is 3.47. The van der Waals surface area contributed by atoms with Gasteiger partial charge in [0.15, 0.2) is 0 Å². The number of nitrogens with one attached hydrogen (secondary N) is 1. The Balaban J connectivity index is 1.86. The molecule has 1 unspecified atom stereocenters. The van der Waals surface area contributed by atoms with Gasteiger partial charge in [0.25, 0.3) is 0 Å². The lowest BCUT2D eigenvalue weighted by Crippen LogP contribution is -2.46. The van der Waals surface area contributed by atoms with Crippen LogP contribution in [0, 0.1) is 0 Å². The van der Waals surface area contributed by atoms with Crippen LogP contribution in [0.25, 0.3) is 0 Å². The normalized spacial score (nSPS) is 31.6. The number of hydrogen-bond acceptors (Lipinski definition) is 3. The van der Waals surface area contributed by atoms with Gasteiger partial charge in [0.05, 0.1) is 0 Å². The van der Waals surface area contributed by atoms with Crippen LogP contribution in [-0.4, -0.2) is 36.6 Å². The fourth-order valence-electron chi connectivity index (χ4n) is 2.15. The lowest BCUT2D eigenvalue weighted by molar-refractivity contribution is 0.169. The zero-order valence-corrected chi connectivity index (χ0v) is 8.08. The second-order valence-electron chi connectivity index (χ2n) is 4.04. The predicted molar refractivity (Wildman–Crippen MR) is 54.3 cm³/mol. The smallest absolute Gasteiger partial charge is 0.0311 e. The lowest BCUT2D eigenvalue weighted by atomic mass is 10.0. The molecular weight excluding hydrogens is 162 g/mol. The Bertz CT molecular complexity index is 183. The van der Waals surface area contributed by atoms with Crippen molar-refractivity contribution in [1.82, 2.24) is 10.2 Å². The SMILES string of the molecule is NC1CCN(C2C=CNCC2)CC1. The van der Waals surface area contributed by atoms with Crippen LogP contribution >= 0.6 is 0 Å². The first-order valence-electron chi connectivity index (χ1n) is 5.26. The van der Waals surface area contributed by atoms with Crippen LogP contribution in [0.5, 0.6) is 0 Å². The van der Waals surface area contributed by atoms with Gasteiger partial charge in [-0.2, -0.15) is 0 Å². The Hall–Kier alpha value is -0.540. The predicted octanol–water partition coefficient (Wildman–Crippen LogP) is 0.285. The second kappa shape index (κ2) is 4.11. The molecule has 0 aliphatic carbocycles. The number of nitrogens with zero attached hydrogens (tertiary/aromatic N) is 1. The molecule has 74 valence electrons. The topological polar surface area (TPSA) is 41.3 Å². The molecule has 1 fully saturated rings. The van der Waals surface area contributed by atoms with Crippen molar-refractivity contribution >= 4 is 0 Å². The van der Waals surface area contributed by atoms with Gasteiger partial charge >= 0.3 is 0 Å². The van der Waals surface area contributed by atoms with Gasteiger partial charge in [-0.05, 0) is 25.5 Å². The molecule has 3 nitrogen and oxygen atoms in total. The highest BCUT2D eigenvalue weighted by atomic mass is 15.2. The lowest BCUT2D eigenvalue weighted by Gasteiger charge is -2.36. The van der Waals surface area contributed by atoms with E-state index in [0.29, 0.717) is 12.1 Å². The molecule has 2 rings (SSSR count). The molecule has 1 atom stereocenters. The summed E-state index contributed by atoms with van der Waals surface area (Å²) in [6.07, 6.45) is 7.93. The van der Waals surface area contributed by atoms with Crippen molar-refractivity contribution < 1.29 is 0 Å². The molecule has 0 saturated carbocycles. The standard InChI is InChI=1S/C10H19N3/c11-9-3-7-13(8-4-9)10-1-5-12-6-2-10/h1,5,9-10,12H,2-4,6-8,11H2. The minimum Gasteiger partial charge on any atom is -0.391 e. The zero-order valence-electron chi connectivity index (χ0n) is 8.08. The monoisotopic (exact) mass is 181 g/mol. The van der Waals surface area contributed by atoms with Crippen LogP contribution in [0.1, 0.15) is 19.3 Å². The molecule has 0 bridgehead atoms. The summed E-state index contributed by atoms with van der Waals surface area (Å²) in [7, 11) is 0. The molecule has 2 heterocycles. The molecule has 0 spiro atoms. The Morgan fingerprint density at radius 1 is 1.23 bits per heavy atom. The van der Waals surface area contributed by atoms with Crippen LogP contribution in [0.4, 0.5) is 0 Å². The quantitative estimate of drug-likeness (QED) is 0.611. The molecule has 2 aliphatic rings. The van der Waals surface area contributed by atoms with Crippen LogP contribution in [0.2, 0.25) is 0 Å². The minimum absolute atomic E-state index is 0.446. The third kappa shape index (κ3) is 2.23. The van der Waals surface area contributed by atoms with Gasteiger partial charge in [-0.3, -0.25) is 4.90 Å². The van der Waals surface area contributed by atoms with Gasteiger partial charge in [0, 0.05) is 31.7 Å². The molecule has 2 aliphatic heterocycles. The molecule has 3 heteroatoms. The number of piperidine rings is 1. The maximum atomic E-state index is 5.87. The first-order valence-corrected chi connectivity index (χ1v) is 5.26. The highest BCUT2D eigenvalue weighted by Gasteiger charge is 2.22. The van der Waals surface area contributed by atoms with Crippen LogP contribution in [0.3, 0.4) is 0 Å². The highest BCUT2D eigenvalue weighted by Crippen LogP contribution is 2.15. The van der Waals surface area contributed by atoms with Gasteiger partial charge in [-0.1, -0.05) is 6.08 Å². The molecule has 13 heavy (non-hydrogen) atoms. The van der Waals surface area contributed by atoms with Gasteiger partial charge in [0.2, 0.25) is 0 Å². The Morgan fingerprint density at radius 2 is 2.00 bits per heavy atom. The molecular formula is C10H19N3. The van der Waals surface area contributed by atoms with Crippen molar-refractivity contribution in [2.24, 2.45) is 5.73 Å². The van der Waals surface area contributed by atoms with Crippen molar-refractivity contribution in [2.45, 2.75) is 31.3 Å². The van der Waals surface area contributed by atoms with E-state index >= 15 is 0 Å². The van der Waals surface area contributed by atoms with E-state index in [2.05, 4.69) is 22.5 Å². The summed E-state index contributed by atoms with van der Waals surface area (Å²) in [4.78, 5) is 2.56. The van der Waals surface area contributed by atoms with Crippen LogP contribution in [-0.2, 0) is 0 Å². The van der Waals surface area contributed by atoms with E-state index in [1.807, 2.05) is 0 Å². The average molecular weight is 181 g/mol. The van der Waals surface area contributed by atoms with E-state index in [-0.39, 0.29) is 0 Å². The van der Waals surface area contributed by atoms with Crippen molar-refractivity contribution in [3.63, 3.8) is 0 Å². The Labute approximate surface area is 80.0 Å². The van der Waals surface area contributed by atoms with Gasteiger partial charge < -0.3 is 11.1 Å². The molecule has 0 aromatic heterocycles. The Morgan fingerprint density at radius 3 is 2.62 bits per heavy atom. The summed E-state index contributed by atoms with van der Waals surface area (Å²) in [5.41, 5.74) is 5.87. The maximum absolute atomic E-state index is 5.87. The summed E-state index contributed by atoms with van der Waals surface area (Å²) >= 11 is 0. The van der Waals surface area contributed by atoms with Gasteiger partial charge in [0.1, 0.15) is 0 Å². The fraction of sp³-hybridized carbons (Fsp3) is 0.800. The van der Waals surface area contributed by atoms with Crippen molar-refractivity contribution in [2.75, 3.05) is 19.6 Å². The van der Waals surface area contributed by atoms with E-state index in [1.54, 1.807) is 0 Å². The zero-order chi connectivity index (χ0) is 9.10. The summed E-state index contributed by atoms with van der Waals surface area (Å²) in [5, 5.41) is 3.23. The third-order valence-electron chi connectivity index (χ3n) is 3.06. The maximum Gasteiger partial charge on any atom is 0.0311 e. The summed E-state index contributed by atoms with van der Waals surface area (Å²) < 4.78 is 0. The molecule has 3 N–H and O–H groups in total. The number of nitrogens with two attached hydrogens (primary N) is 1. The number of rotatable bonds is 1. The first kappa shape index (κ1) is 9.03. The minimum atomic E-state index is 0.446. The van der Waals surface area contributed by atoms with Gasteiger partial charge in [-0.25, -0.2) is 0 Å². The highest BCUT2D eigenvalue weighted by molar-refractivity contribution is 4.98. The van der Waals surface area contributed by atoms with Gasteiger partial charge in [-0.15, -0.1) is 0 Å². The van der Waals surface area contributed by atoms with E-state index in [1.165, 1.54) is 19.5 Å². The van der Waals surface area contributed by atoms with Crippen molar-refractivity contribution in [1.29, 1.82) is 0 Å². The third-order valence-corrected chi connectivity index (χ3v) is 3.06. The van der Waals surface area contributed by atoms with E-state index in [9.17, 15) is 0 Å². The molecule has 0 aromatic rings. The van der Waals surface area contributed by atoms with Crippen LogP contribution < -0.4 is 11.1 Å².